The van der Waals surface area contributed by atoms with Crippen molar-refractivity contribution >= 4 is 16.7 Å². The molecule has 1 fully saturated rings. The fourth-order valence-corrected chi connectivity index (χ4v) is 4.20. The van der Waals surface area contributed by atoms with Crippen molar-refractivity contribution in [3.8, 4) is 0 Å². The summed E-state index contributed by atoms with van der Waals surface area (Å²) < 4.78 is 15.1. The van der Waals surface area contributed by atoms with Gasteiger partial charge in [0, 0.05) is 42.1 Å². The number of rotatable bonds is 6. The van der Waals surface area contributed by atoms with E-state index in [1.807, 2.05) is 6.07 Å². The SMILES string of the molecule is CC(C)(C)c1ccc(=O)n(CCN2CCCCC2CNc2ncnc3cc(F)ccc23)n1. The summed E-state index contributed by atoms with van der Waals surface area (Å²) in [5.41, 5.74) is 1.34. The lowest BCUT2D eigenvalue weighted by Crippen LogP contribution is -2.45. The molecular weight excluding hydrogens is 407 g/mol. The summed E-state index contributed by atoms with van der Waals surface area (Å²) in [6.45, 7) is 9.35. The average Bonchev–Trinajstić information content (AvgIpc) is 2.76. The minimum Gasteiger partial charge on any atom is -0.368 e. The fourth-order valence-electron chi connectivity index (χ4n) is 4.20. The highest BCUT2D eigenvalue weighted by atomic mass is 19.1. The summed E-state index contributed by atoms with van der Waals surface area (Å²) in [6.07, 6.45) is 4.87. The minimum absolute atomic E-state index is 0.0654. The van der Waals surface area contributed by atoms with Crippen LogP contribution in [0.2, 0.25) is 0 Å². The smallest absolute Gasteiger partial charge is 0.266 e. The number of nitrogens with zero attached hydrogens (tertiary/aromatic N) is 5. The molecule has 4 rings (SSSR count). The molecule has 0 radical (unpaired) electrons. The van der Waals surface area contributed by atoms with Gasteiger partial charge < -0.3 is 5.32 Å². The third-order valence-electron chi connectivity index (χ3n) is 6.09. The number of benzene rings is 1. The van der Waals surface area contributed by atoms with E-state index in [1.165, 1.54) is 24.9 Å². The maximum atomic E-state index is 13.5. The highest BCUT2D eigenvalue weighted by molar-refractivity contribution is 5.88. The summed E-state index contributed by atoms with van der Waals surface area (Å²) in [4.78, 5) is 23.3. The standard InChI is InChI=1S/C24H31FN6O/c1-24(2,3)21-9-10-22(32)31(29-21)13-12-30-11-5-4-6-18(30)15-26-23-19-8-7-17(25)14-20(19)27-16-28-23/h7-10,14,16,18H,4-6,11-13,15H2,1-3H3,(H,26,27,28). The van der Waals surface area contributed by atoms with E-state index in [4.69, 9.17) is 0 Å². The van der Waals surface area contributed by atoms with Crippen LogP contribution in [0.5, 0.6) is 0 Å². The van der Waals surface area contributed by atoms with Gasteiger partial charge in [-0.1, -0.05) is 27.2 Å². The molecule has 1 N–H and O–H groups in total. The molecule has 1 aliphatic heterocycles. The van der Waals surface area contributed by atoms with Crippen LogP contribution < -0.4 is 10.9 Å². The minimum atomic E-state index is -0.306. The third kappa shape index (κ3) is 5.12. The zero-order chi connectivity index (χ0) is 22.7. The van der Waals surface area contributed by atoms with E-state index in [2.05, 4.69) is 46.1 Å². The Morgan fingerprint density at radius 2 is 1.97 bits per heavy atom. The van der Waals surface area contributed by atoms with E-state index < -0.39 is 0 Å². The maximum absolute atomic E-state index is 13.5. The summed E-state index contributed by atoms with van der Waals surface area (Å²) in [6, 6.07) is 8.34. The Bertz CT molecular complexity index is 1140. The predicted octanol–water partition coefficient (Wildman–Crippen LogP) is 3.59. The van der Waals surface area contributed by atoms with Gasteiger partial charge in [-0.2, -0.15) is 5.10 Å². The number of hydrogen-bond donors (Lipinski definition) is 1. The zero-order valence-corrected chi connectivity index (χ0v) is 19.0. The molecule has 1 aromatic carbocycles. The highest BCUT2D eigenvalue weighted by Gasteiger charge is 2.23. The normalized spacial score (nSPS) is 17.6. The lowest BCUT2D eigenvalue weighted by molar-refractivity contribution is 0.147. The number of halogens is 1. The Morgan fingerprint density at radius 3 is 2.78 bits per heavy atom. The van der Waals surface area contributed by atoms with Crippen molar-refractivity contribution < 1.29 is 4.39 Å². The quantitative estimate of drug-likeness (QED) is 0.634. The van der Waals surface area contributed by atoms with Crippen molar-refractivity contribution in [2.45, 2.75) is 58.0 Å². The van der Waals surface area contributed by atoms with Gasteiger partial charge in [-0.25, -0.2) is 19.0 Å². The molecule has 1 atom stereocenters. The molecule has 1 saturated heterocycles. The van der Waals surface area contributed by atoms with Gasteiger partial charge in [-0.15, -0.1) is 0 Å². The molecule has 7 nitrogen and oxygen atoms in total. The van der Waals surface area contributed by atoms with E-state index in [0.29, 0.717) is 18.1 Å². The van der Waals surface area contributed by atoms with Gasteiger partial charge in [0.2, 0.25) is 0 Å². The number of nitrogens with one attached hydrogen (secondary N) is 1. The summed E-state index contributed by atoms with van der Waals surface area (Å²) in [5.74, 6) is 0.413. The number of hydrogen-bond acceptors (Lipinski definition) is 6. The average molecular weight is 439 g/mol. The van der Waals surface area contributed by atoms with Crippen LogP contribution in [0.25, 0.3) is 10.9 Å². The molecule has 2 aromatic heterocycles. The predicted molar refractivity (Wildman–Crippen MR) is 124 cm³/mol. The van der Waals surface area contributed by atoms with Gasteiger partial charge in [-0.3, -0.25) is 9.69 Å². The first-order valence-corrected chi connectivity index (χ1v) is 11.3. The molecular formula is C24H31FN6O. The second kappa shape index (κ2) is 9.32. The van der Waals surface area contributed by atoms with Gasteiger partial charge in [-0.05, 0) is 37.6 Å². The van der Waals surface area contributed by atoms with Gasteiger partial charge in [0.25, 0.3) is 5.56 Å². The molecule has 0 saturated carbocycles. The van der Waals surface area contributed by atoms with Gasteiger partial charge in [0.05, 0.1) is 17.8 Å². The van der Waals surface area contributed by atoms with E-state index in [0.717, 1.165) is 49.4 Å². The van der Waals surface area contributed by atoms with Gasteiger partial charge in [0.15, 0.2) is 0 Å². The number of anilines is 1. The molecule has 8 heteroatoms. The van der Waals surface area contributed by atoms with E-state index in [9.17, 15) is 9.18 Å². The largest absolute Gasteiger partial charge is 0.368 e. The van der Waals surface area contributed by atoms with Crippen LogP contribution in [0, 0.1) is 5.82 Å². The van der Waals surface area contributed by atoms with Crippen molar-refractivity contribution in [2.75, 3.05) is 25.0 Å². The third-order valence-corrected chi connectivity index (χ3v) is 6.09. The first kappa shape index (κ1) is 22.3. The van der Waals surface area contributed by atoms with Crippen LogP contribution in [0.3, 0.4) is 0 Å². The number of piperidine rings is 1. The summed E-state index contributed by atoms with van der Waals surface area (Å²) in [7, 11) is 0. The van der Waals surface area contributed by atoms with Gasteiger partial charge >= 0.3 is 0 Å². The second-order valence-corrected chi connectivity index (χ2v) is 9.48. The summed E-state index contributed by atoms with van der Waals surface area (Å²) in [5, 5.41) is 8.86. The Kier molecular flexibility index (Phi) is 6.50. The van der Waals surface area contributed by atoms with Crippen LogP contribution in [0.1, 0.15) is 45.7 Å². The van der Waals surface area contributed by atoms with Gasteiger partial charge in [0.1, 0.15) is 18.0 Å². The van der Waals surface area contributed by atoms with Crippen LogP contribution in [-0.2, 0) is 12.0 Å². The van der Waals surface area contributed by atoms with E-state index in [1.54, 1.807) is 16.8 Å². The number of aromatic nitrogens is 4. The molecule has 170 valence electrons. The maximum Gasteiger partial charge on any atom is 0.266 e. The van der Waals surface area contributed by atoms with Crippen LogP contribution >= 0.6 is 0 Å². The lowest BCUT2D eigenvalue weighted by atomic mass is 9.92. The number of fused-ring (bicyclic) bond motifs is 1. The second-order valence-electron chi connectivity index (χ2n) is 9.48. The summed E-state index contributed by atoms with van der Waals surface area (Å²) >= 11 is 0. The topological polar surface area (TPSA) is 75.9 Å². The molecule has 1 unspecified atom stereocenters. The zero-order valence-electron chi connectivity index (χ0n) is 19.0. The fraction of sp³-hybridized carbons (Fsp3) is 0.500. The van der Waals surface area contributed by atoms with Crippen molar-refractivity contribution in [3.05, 3.63) is 58.5 Å². The first-order chi connectivity index (χ1) is 15.3. The van der Waals surface area contributed by atoms with Crippen LogP contribution in [0.15, 0.2) is 41.5 Å². The Hall–Kier alpha value is -2.87. The van der Waals surface area contributed by atoms with Crippen molar-refractivity contribution in [2.24, 2.45) is 0 Å². The molecule has 0 aliphatic carbocycles. The molecule has 0 spiro atoms. The molecule has 1 aliphatic rings. The Balaban J connectivity index is 1.44. The monoisotopic (exact) mass is 438 g/mol. The van der Waals surface area contributed by atoms with Crippen molar-refractivity contribution in [1.29, 1.82) is 0 Å². The van der Waals surface area contributed by atoms with E-state index >= 15 is 0 Å². The van der Waals surface area contributed by atoms with E-state index in [-0.39, 0.29) is 16.8 Å². The Labute approximate surface area is 187 Å². The van der Waals surface area contributed by atoms with Crippen LogP contribution in [0.4, 0.5) is 10.2 Å². The molecule has 3 aromatic rings. The first-order valence-electron chi connectivity index (χ1n) is 11.3. The molecule has 0 bridgehead atoms. The van der Waals surface area contributed by atoms with Crippen molar-refractivity contribution in [1.82, 2.24) is 24.6 Å². The highest BCUT2D eigenvalue weighted by Crippen LogP contribution is 2.22. The molecule has 32 heavy (non-hydrogen) atoms. The van der Waals surface area contributed by atoms with Crippen LogP contribution in [-0.4, -0.2) is 50.3 Å². The Morgan fingerprint density at radius 1 is 1.12 bits per heavy atom. The number of likely N-dealkylation sites (tertiary alicyclic amines) is 1. The lowest BCUT2D eigenvalue weighted by Gasteiger charge is -2.36. The molecule has 3 heterocycles. The van der Waals surface area contributed by atoms with Crippen molar-refractivity contribution in [3.63, 3.8) is 0 Å². The molecule has 0 amide bonds.